The third-order valence-corrected chi connectivity index (χ3v) is 4.71. The van der Waals surface area contributed by atoms with Gasteiger partial charge in [0, 0.05) is 11.6 Å². The number of aromatic nitrogens is 4. The van der Waals surface area contributed by atoms with Gasteiger partial charge in [0.15, 0.2) is 0 Å². The normalized spacial score (nSPS) is 12.3. The molecule has 0 unspecified atom stereocenters. The van der Waals surface area contributed by atoms with Crippen molar-refractivity contribution in [1.82, 2.24) is 24.9 Å². The highest BCUT2D eigenvalue weighted by molar-refractivity contribution is 5.79. The van der Waals surface area contributed by atoms with Crippen molar-refractivity contribution in [3.63, 3.8) is 0 Å². The number of hydrogen-bond acceptors (Lipinski definition) is 4. The monoisotopic (exact) mass is 367 g/mol. The van der Waals surface area contributed by atoms with Crippen molar-refractivity contribution in [2.75, 3.05) is 0 Å². The molecule has 2 N–H and O–H groups in total. The zero-order valence-electron chi connectivity index (χ0n) is 16.0. The molecule has 0 fully saturated rings. The van der Waals surface area contributed by atoms with Gasteiger partial charge in [-0.15, -0.1) is 0 Å². The fraction of sp³-hybridized carbons (Fsp3) is 0.400. The first-order chi connectivity index (χ1) is 13.0. The van der Waals surface area contributed by atoms with Crippen LogP contribution < -0.4 is 10.9 Å². The molecule has 0 aliphatic heterocycles. The van der Waals surface area contributed by atoms with Crippen LogP contribution in [0.4, 0.5) is 0 Å². The van der Waals surface area contributed by atoms with E-state index in [-0.39, 0.29) is 23.9 Å². The summed E-state index contributed by atoms with van der Waals surface area (Å²) >= 11 is 0. The van der Waals surface area contributed by atoms with Crippen LogP contribution in [0.2, 0.25) is 0 Å². The van der Waals surface area contributed by atoms with Crippen LogP contribution in [0.5, 0.6) is 0 Å². The molecule has 1 amide bonds. The van der Waals surface area contributed by atoms with Gasteiger partial charge < -0.3 is 5.32 Å². The minimum Gasteiger partial charge on any atom is -0.353 e. The van der Waals surface area contributed by atoms with Gasteiger partial charge in [-0.1, -0.05) is 30.3 Å². The molecule has 0 saturated heterocycles. The number of fused-ring (bicyclic) bond motifs is 1. The summed E-state index contributed by atoms with van der Waals surface area (Å²) in [6, 6.07) is 10.4. The van der Waals surface area contributed by atoms with E-state index in [9.17, 15) is 9.59 Å². The Kier molecular flexibility index (Phi) is 5.69. The van der Waals surface area contributed by atoms with E-state index in [1.54, 1.807) is 13.8 Å². The van der Waals surface area contributed by atoms with Crippen LogP contribution in [0.1, 0.15) is 42.4 Å². The van der Waals surface area contributed by atoms with Gasteiger partial charge >= 0.3 is 0 Å². The second-order valence-corrected chi connectivity index (χ2v) is 6.93. The van der Waals surface area contributed by atoms with Crippen LogP contribution in [0, 0.1) is 13.8 Å². The quantitative estimate of drug-likeness (QED) is 0.669. The third kappa shape index (κ3) is 4.42. The Bertz CT molecular complexity index is 991. The summed E-state index contributed by atoms with van der Waals surface area (Å²) in [5, 5.41) is 9.71. The van der Waals surface area contributed by atoms with E-state index in [2.05, 4.69) is 32.6 Å². The highest BCUT2D eigenvalue weighted by atomic mass is 16.2. The largest absolute Gasteiger partial charge is 0.353 e. The number of nitrogens with one attached hydrogen (secondary N) is 2. The molecule has 7 heteroatoms. The lowest BCUT2D eigenvalue weighted by molar-refractivity contribution is -0.121. The summed E-state index contributed by atoms with van der Waals surface area (Å²) in [4.78, 5) is 29.4. The van der Waals surface area contributed by atoms with Crippen molar-refractivity contribution in [2.24, 2.45) is 0 Å². The fourth-order valence-electron chi connectivity index (χ4n) is 3.24. The first kappa shape index (κ1) is 18.8. The van der Waals surface area contributed by atoms with Gasteiger partial charge in [-0.3, -0.25) is 9.59 Å². The number of carbonyl (C=O) groups excluding carboxylic acids is 1. The van der Waals surface area contributed by atoms with E-state index in [1.165, 1.54) is 9.96 Å². The van der Waals surface area contributed by atoms with E-state index < -0.39 is 0 Å². The Morgan fingerprint density at radius 3 is 2.74 bits per heavy atom. The molecule has 0 aliphatic carbocycles. The first-order valence-electron chi connectivity index (χ1n) is 9.22. The van der Waals surface area contributed by atoms with Crippen molar-refractivity contribution in [3.05, 3.63) is 63.3 Å². The molecule has 3 aromatic rings. The predicted octanol–water partition coefficient (Wildman–Crippen LogP) is 2.10. The average molecular weight is 367 g/mol. The molecule has 7 nitrogen and oxygen atoms in total. The smallest absolute Gasteiger partial charge is 0.264 e. The standard InChI is InChI=1S/C20H25N5O2/c1-13(8-7-11-16-9-5-4-6-10-16)21-18(26)12-17-14(2)22-20-24-23-15(3)25(20)19(17)27/h4-6,9-10,13H,7-8,11-12H2,1-3H3,(H,21,26)(H,22,24)/t13-/m0/s1. The maximum absolute atomic E-state index is 12.7. The molecule has 0 radical (unpaired) electrons. The number of benzene rings is 1. The van der Waals surface area contributed by atoms with E-state index >= 15 is 0 Å². The van der Waals surface area contributed by atoms with Gasteiger partial charge in [0.05, 0.1) is 12.1 Å². The molecular formula is C20H25N5O2. The molecule has 0 saturated carbocycles. The summed E-state index contributed by atoms with van der Waals surface area (Å²) in [6.07, 6.45) is 2.89. The van der Waals surface area contributed by atoms with Gasteiger partial charge in [-0.2, -0.15) is 5.10 Å². The van der Waals surface area contributed by atoms with E-state index in [0.29, 0.717) is 22.9 Å². The molecular weight excluding hydrogens is 342 g/mol. The second kappa shape index (κ2) is 8.16. The second-order valence-electron chi connectivity index (χ2n) is 6.93. The highest BCUT2D eigenvalue weighted by Crippen LogP contribution is 2.08. The summed E-state index contributed by atoms with van der Waals surface area (Å²) in [6.45, 7) is 5.45. The summed E-state index contributed by atoms with van der Waals surface area (Å²) in [5.41, 5.74) is 2.02. The number of carbonyl (C=O) groups is 1. The number of aromatic amines is 1. The van der Waals surface area contributed by atoms with Crippen molar-refractivity contribution in [1.29, 1.82) is 0 Å². The molecule has 3 rings (SSSR count). The third-order valence-electron chi connectivity index (χ3n) is 4.71. The minimum absolute atomic E-state index is 0.0221. The lowest BCUT2D eigenvalue weighted by atomic mass is 10.1. The molecule has 142 valence electrons. The summed E-state index contributed by atoms with van der Waals surface area (Å²) in [5.74, 6) is 0.761. The van der Waals surface area contributed by atoms with Crippen LogP contribution in [0.25, 0.3) is 5.78 Å². The number of nitrogens with zero attached hydrogens (tertiary/aromatic N) is 3. The Balaban J connectivity index is 1.58. The topological polar surface area (TPSA) is 92.2 Å². The van der Waals surface area contributed by atoms with Gasteiger partial charge in [0.1, 0.15) is 5.82 Å². The molecule has 0 bridgehead atoms. The molecule has 0 spiro atoms. The Morgan fingerprint density at radius 2 is 2.00 bits per heavy atom. The van der Waals surface area contributed by atoms with E-state index in [4.69, 9.17) is 0 Å². The summed E-state index contributed by atoms with van der Waals surface area (Å²) in [7, 11) is 0. The molecule has 0 aliphatic rings. The molecule has 1 aromatic carbocycles. The number of amides is 1. The van der Waals surface area contributed by atoms with Gasteiger partial charge in [0.25, 0.3) is 5.56 Å². The first-order valence-corrected chi connectivity index (χ1v) is 9.22. The number of H-pyrrole nitrogens is 1. The van der Waals surface area contributed by atoms with Crippen molar-refractivity contribution in [3.8, 4) is 0 Å². The van der Waals surface area contributed by atoms with Crippen LogP contribution in [0.15, 0.2) is 35.1 Å². The average Bonchev–Trinajstić information content (AvgIpc) is 3.00. The number of hydrogen-bond donors (Lipinski definition) is 2. The Hall–Kier alpha value is -2.96. The molecule has 1 atom stereocenters. The van der Waals surface area contributed by atoms with Gasteiger partial charge in [0.2, 0.25) is 11.7 Å². The van der Waals surface area contributed by atoms with Crippen LogP contribution in [-0.4, -0.2) is 31.5 Å². The lowest BCUT2D eigenvalue weighted by Gasteiger charge is -2.14. The zero-order chi connectivity index (χ0) is 19.4. The van der Waals surface area contributed by atoms with Gasteiger partial charge in [-0.25, -0.2) is 14.5 Å². The fourth-order valence-corrected chi connectivity index (χ4v) is 3.24. The van der Waals surface area contributed by atoms with E-state index in [0.717, 1.165) is 19.3 Å². The Morgan fingerprint density at radius 1 is 1.26 bits per heavy atom. The van der Waals surface area contributed by atoms with Crippen LogP contribution in [-0.2, 0) is 17.6 Å². The van der Waals surface area contributed by atoms with E-state index in [1.807, 2.05) is 25.1 Å². The summed E-state index contributed by atoms with van der Waals surface area (Å²) < 4.78 is 1.40. The zero-order valence-corrected chi connectivity index (χ0v) is 16.0. The molecule has 27 heavy (non-hydrogen) atoms. The molecule has 2 heterocycles. The van der Waals surface area contributed by atoms with Crippen molar-refractivity contribution >= 4 is 11.7 Å². The Labute approximate surface area is 157 Å². The van der Waals surface area contributed by atoms with Crippen LogP contribution >= 0.6 is 0 Å². The molecule has 2 aromatic heterocycles. The van der Waals surface area contributed by atoms with Crippen LogP contribution in [0.3, 0.4) is 0 Å². The van der Waals surface area contributed by atoms with Gasteiger partial charge in [-0.05, 0) is 45.6 Å². The predicted molar refractivity (Wildman–Crippen MR) is 104 cm³/mol. The number of rotatable bonds is 7. The van der Waals surface area contributed by atoms with Crippen molar-refractivity contribution < 1.29 is 4.79 Å². The maximum atomic E-state index is 12.7. The number of aryl methyl sites for hydroxylation is 3. The SMILES string of the molecule is Cc1nc2[nH]nc(C)n2c(=O)c1CC(=O)N[C@@H](C)CCCc1ccccc1. The highest BCUT2D eigenvalue weighted by Gasteiger charge is 2.17. The maximum Gasteiger partial charge on any atom is 0.264 e. The minimum atomic E-state index is -0.240. The van der Waals surface area contributed by atoms with Crippen molar-refractivity contribution in [2.45, 2.75) is 52.5 Å². The lowest BCUT2D eigenvalue weighted by Crippen LogP contribution is -2.36.